The molecule has 14 heavy (non-hydrogen) atoms. The van der Waals surface area contributed by atoms with Crippen molar-refractivity contribution >= 4 is 11.8 Å². The Labute approximate surface area is 83.0 Å². The number of carbonyl (C=O) groups is 2. The van der Waals surface area contributed by atoms with Crippen LogP contribution in [0.4, 0.5) is 0 Å². The normalized spacial score (nSPS) is 10.1. The monoisotopic (exact) mass is 204 g/mol. The Morgan fingerprint density at radius 2 is 1.79 bits per heavy atom. The molecule has 0 aliphatic rings. The Balaban J connectivity index is 3.22. The van der Waals surface area contributed by atoms with Crippen molar-refractivity contribution in [1.29, 1.82) is 0 Å². The molecule has 0 saturated heterocycles. The first-order valence-corrected chi connectivity index (χ1v) is 4.55. The fourth-order valence-electron chi connectivity index (χ4n) is 0.767. The summed E-state index contributed by atoms with van der Waals surface area (Å²) < 4.78 is 9.95. The van der Waals surface area contributed by atoms with Crippen molar-refractivity contribution in [2.24, 2.45) is 0 Å². The van der Waals surface area contributed by atoms with E-state index in [2.05, 4.69) is 0 Å². The van der Waals surface area contributed by atoms with E-state index < -0.39 is 5.97 Å². The van der Waals surface area contributed by atoms with Gasteiger partial charge >= 0.3 is 5.97 Å². The maximum absolute atomic E-state index is 11.0. The van der Waals surface area contributed by atoms with Gasteiger partial charge < -0.3 is 14.6 Å². The molecule has 0 saturated carbocycles. The summed E-state index contributed by atoms with van der Waals surface area (Å²) in [6.45, 7) is 3.30. The van der Waals surface area contributed by atoms with Crippen LogP contribution in [0.15, 0.2) is 0 Å². The fourth-order valence-corrected chi connectivity index (χ4v) is 0.767. The standard InChI is InChI=1S/C9H16O5/c1-2-13-5-6-14-7-8(10)3-4-9(11)12/h2-7H2,1H3,(H,11,12). The van der Waals surface area contributed by atoms with Crippen molar-refractivity contribution in [1.82, 2.24) is 0 Å². The molecule has 0 aromatic carbocycles. The summed E-state index contributed by atoms with van der Waals surface area (Å²) >= 11 is 0. The molecule has 0 aromatic rings. The van der Waals surface area contributed by atoms with Crippen molar-refractivity contribution in [2.75, 3.05) is 26.4 Å². The van der Waals surface area contributed by atoms with Crippen LogP contribution in [0.25, 0.3) is 0 Å². The Morgan fingerprint density at radius 1 is 1.14 bits per heavy atom. The highest BCUT2D eigenvalue weighted by Crippen LogP contribution is 1.91. The van der Waals surface area contributed by atoms with E-state index in [-0.39, 0.29) is 25.2 Å². The summed E-state index contributed by atoms with van der Waals surface area (Å²) in [5.41, 5.74) is 0. The van der Waals surface area contributed by atoms with Crippen molar-refractivity contribution < 1.29 is 24.2 Å². The van der Waals surface area contributed by atoms with Gasteiger partial charge in [-0.05, 0) is 6.92 Å². The maximum Gasteiger partial charge on any atom is 0.303 e. The van der Waals surface area contributed by atoms with E-state index in [1.54, 1.807) is 0 Å². The Bertz CT molecular complexity index is 178. The van der Waals surface area contributed by atoms with Crippen LogP contribution >= 0.6 is 0 Å². The maximum atomic E-state index is 11.0. The first-order chi connectivity index (χ1) is 6.66. The molecule has 1 N–H and O–H groups in total. The number of carbonyl (C=O) groups excluding carboxylic acids is 1. The predicted molar refractivity (Wildman–Crippen MR) is 49.2 cm³/mol. The smallest absolute Gasteiger partial charge is 0.303 e. The van der Waals surface area contributed by atoms with Gasteiger partial charge in [-0.1, -0.05) is 0 Å². The Kier molecular flexibility index (Phi) is 8.07. The summed E-state index contributed by atoms with van der Waals surface area (Å²) in [6, 6.07) is 0. The van der Waals surface area contributed by atoms with Gasteiger partial charge in [0.1, 0.15) is 6.61 Å². The molecule has 0 atom stereocenters. The van der Waals surface area contributed by atoms with E-state index in [0.29, 0.717) is 19.8 Å². The van der Waals surface area contributed by atoms with Gasteiger partial charge in [0.05, 0.1) is 19.6 Å². The highest BCUT2D eigenvalue weighted by atomic mass is 16.5. The third kappa shape index (κ3) is 9.15. The second kappa shape index (κ2) is 8.65. The predicted octanol–water partition coefficient (Wildman–Crippen LogP) is 0.473. The zero-order chi connectivity index (χ0) is 10.8. The van der Waals surface area contributed by atoms with E-state index >= 15 is 0 Å². The molecule has 0 amide bonds. The van der Waals surface area contributed by atoms with Crippen LogP contribution in [-0.2, 0) is 19.1 Å². The van der Waals surface area contributed by atoms with Gasteiger partial charge in [-0.2, -0.15) is 0 Å². The number of ether oxygens (including phenoxy) is 2. The third-order valence-corrected chi connectivity index (χ3v) is 1.46. The molecule has 0 aliphatic heterocycles. The van der Waals surface area contributed by atoms with Crippen LogP contribution in [-0.4, -0.2) is 43.3 Å². The molecule has 0 bridgehead atoms. The van der Waals surface area contributed by atoms with E-state index in [4.69, 9.17) is 14.6 Å². The van der Waals surface area contributed by atoms with Gasteiger partial charge in [-0.3, -0.25) is 9.59 Å². The Morgan fingerprint density at radius 3 is 2.36 bits per heavy atom. The lowest BCUT2D eigenvalue weighted by Gasteiger charge is -2.02. The molecule has 0 aromatic heterocycles. The van der Waals surface area contributed by atoms with Crippen LogP contribution in [0.1, 0.15) is 19.8 Å². The first-order valence-electron chi connectivity index (χ1n) is 4.55. The molecule has 5 heteroatoms. The van der Waals surface area contributed by atoms with Gasteiger partial charge in [0.25, 0.3) is 0 Å². The van der Waals surface area contributed by atoms with Gasteiger partial charge in [0, 0.05) is 13.0 Å². The molecule has 0 fully saturated rings. The largest absolute Gasteiger partial charge is 0.481 e. The van der Waals surface area contributed by atoms with Crippen molar-refractivity contribution in [3.05, 3.63) is 0 Å². The number of hydrogen-bond donors (Lipinski definition) is 1. The van der Waals surface area contributed by atoms with Crippen LogP contribution < -0.4 is 0 Å². The number of aliphatic carboxylic acids is 1. The molecule has 0 spiro atoms. The minimum absolute atomic E-state index is 0.0274. The molecular weight excluding hydrogens is 188 g/mol. The second-order valence-corrected chi connectivity index (χ2v) is 2.68. The van der Waals surface area contributed by atoms with E-state index in [9.17, 15) is 9.59 Å². The zero-order valence-corrected chi connectivity index (χ0v) is 8.32. The lowest BCUT2D eigenvalue weighted by atomic mass is 10.2. The number of rotatable bonds is 9. The van der Waals surface area contributed by atoms with Crippen molar-refractivity contribution in [3.63, 3.8) is 0 Å². The average molecular weight is 204 g/mol. The molecule has 0 aliphatic carbocycles. The minimum Gasteiger partial charge on any atom is -0.481 e. The van der Waals surface area contributed by atoms with Gasteiger partial charge in [-0.15, -0.1) is 0 Å². The molecule has 82 valence electrons. The summed E-state index contributed by atoms with van der Waals surface area (Å²) in [5.74, 6) is -1.16. The average Bonchev–Trinajstić information content (AvgIpc) is 2.14. The molecule has 0 rings (SSSR count). The summed E-state index contributed by atoms with van der Waals surface area (Å²) in [7, 11) is 0. The third-order valence-electron chi connectivity index (χ3n) is 1.46. The SMILES string of the molecule is CCOCCOCC(=O)CCC(=O)O. The lowest BCUT2D eigenvalue weighted by molar-refractivity contribution is -0.139. The minimum atomic E-state index is -0.965. The number of carboxylic acids is 1. The summed E-state index contributed by atoms with van der Waals surface area (Å²) in [4.78, 5) is 21.1. The lowest BCUT2D eigenvalue weighted by Crippen LogP contribution is -2.13. The molecule has 0 heterocycles. The van der Waals surface area contributed by atoms with Crippen LogP contribution in [0, 0.1) is 0 Å². The number of hydrogen-bond acceptors (Lipinski definition) is 4. The number of carboxylic acid groups (broad SMARTS) is 1. The quantitative estimate of drug-likeness (QED) is 0.553. The zero-order valence-electron chi connectivity index (χ0n) is 8.32. The van der Waals surface area contributed by atoms with Crippen LogP contribution in [0.2, 0.25) is 0 Å². The van der Waals surface area contributed by atoms with Gasteiger partial charge in [-0.25, -0.2) is 0 Å². The van der Waals surface area contributed by atoms with Crippen LogP contribution in [0.5, 0.6) is 0 Å². The molecule has 0 radical (unpaired) electrons. The van der Waals surface area contributed by atoms with Crippen molar-refractivity contribution in [2.45, 2.75) is 19.8 Å². The topological polar surface area (TPSA) is 72.8 Å². The van der Waals surface area contributed by atoms with Gasteiger partial charge in [0.15, 0.2) is 5.78 Å². The highest BCUT2D eigenvalue weighted by Gasteiger charge is 2.05. The van der Waals surface area contributed by atoms with Crippen LogP contribution in [0.3, 0.4) is 0 Å². The van der Waals surface area contributed by atoms with Gasteiger partial charge in [0.2, 0.25) is 0 Å². The fraction of sp³-hybridized carbons (Fsp3) is 0.778. The summed E-state index contributed by atoms with van der Waals surface area (Å²) in [6.07, 6.45) is -0.0996. The molecular formula is C9H16O5. The van der Waals surface area contributed by atoms with E-state index in [1.807, 2.05) is 6.92 Å². The van der Waals surface area contributed by atoms with Crippen molar-refractivity contribution in [3.8, 4) is 0 Å². The Hall–Kier alpha value is -0.940. The van der Waals surface area contributed by atoms with E-state index in [1.165, 1.54) is 0 Å². The van der Waals surface area contributed by atoms with E-state index in [0.717, 1.165) is 0 Å². The first kappa shape index (κ1) is 13.1. The number of Topliss-reactive ketones (excluding diaryl/α,β-unsaturated/α-hetero) is 1. The number of ketones is 1. The molecule has 5 nitrogen and oxygen atoms in total. The second-order valence-electron chi connectivity index (χ2n) is 2.68. The summed E-state index contributed by atoms with van der Waals surface area (Å²) in [5, 5.41) is 8.29. The molecule has 0 unspecified atom stereocenters. The highest BCUT2D eigenvalue weighted by molar-refractivity contribution is 5.83.